The van der Waals surface area contributed by atoms with Gasteiger partial charge < -0.3 is 64.9 Å². The predicted octanol–water partition coefficient (Wildman–Crippen LogP) is 7.70. The van der Waals surface area contributed by atoms with E-state index in [4.69, 9.17) is 19.7 Å². The number of likely N-dealkylation sites (tertiary alicyclic amines) is 2. The van der Waals surface area contributed by atoms with Gasteiger partial charge in [0.2, 0.25) is 17.7 Å². The molecule has 12 rings (SSSR count). The Morgan fingerprint density at radius 2 is 1.59 bits per heavy atom. The quantitative estimate of drug-likeness (QED) is 0.0587. The number of ether oxygens (including phenoxy) is 2. The van der Waals surface area contributed by atoms with Crippen molar-refractivity contribution in [2.24, 2.45) is 11.8 Å². The van der Waals surface area contributed by atoms with Gasteiger partial charge in [-0.05, 0) is 106 Å². The highest BCUT2D eigenvalue weighted by molar-refractivity contribution is 7.13. The first-order chi connectivity index (χ1) is 39.7. The van der Waals surface area contributed by atoms with Gasteiger partial charge in [0, 0.05) is 119 Å². The Bertz CT molecular complexity index is 3210. The SMILES string of the molecule is Cc1ncsc1-c1ccc([C@H](C)NC(=O)[C@@H]2C[C@@H](O)CN2C(=O)[C@H](c2cc(N3CCC(CN4CCC(O[C@H]5C[C@H](Oc6cc(N7C8CCC7CN(c7cc(-c9ccccc9O)nnc7N)C8)ccn6)C5)CC4)CC3)no2)C(C)C)cc1O. The number of aromatic hydroxyl groups is 2. The van der Waals surface area contributed by atoms with Crippen molar-refractivity contribution in [3.63, 3.8) is 0 Å². The van der Waals surface area contributed by atoms with Crippen LogP contribution < -0.4 is 30.5 Å². The summed E-state index contributed by atoms with van der Waals surface area (Å²) in [6.07, 6.45) is 9.65. The van der Waals surface area contributed by atoms with Gasteiger partial charge in [-0.2, -0.15) is 0 Å². The molecule has 2 amide bonds. The minimum Gasteiger partial charge on any atom is -0.507 e. The third-order valence-electron chi connectivity index (χ3n) is 18.0. The summed E-state index contributed by atoms with van der Waals surface area (Å²) in [6.45, 7) is 14.1. The van der Waals surface area contributed by atoms with Gasteiger partial charge in [-0.3, -0.25) is 9.59 Å². The number of aliphatic hydroxyl groups excluding tert-OH is 1. The first kappa shape index (κ1) is 55.5. The number of piperazine rings is 1. The average Bonchev–Trinajstić information content (AvgIpc) is 4.29. The number of piperidine rings is 2. The molecular weight excluding hydrogens is 1060 g/mol. The van der Waals surface area contributed by atoms with Crippen molar-refractivity contribution in [1.82, 2.24) is 40.4 Å². The van der Waals surface area contributed by atoms with Crippen LogP contribution in [0.25, 0.3) is 21.7 Å². The lowest BCUT2D eigenvalue weighted by Gasteiger charge is -2.43. The zero-order valence-electron chi connectivity index (χ0n) is 47.2. The molecule has 6 N–H and O–H groups in total. The molecular formula is C61H76N12O8S. The number of nitrogen functional groups attached to an aromatic ring is 1. The number of phenolic OH excluding ortho intramolecular Hbond substituents is 2. The maximum Gasteiger partial charge on any atom is 0.243 e. The van der Waals surface area contributed by atoms with Gasteiger partial charge in [-0.25, -0.2) is 9.97 Å². The molecule has 6 aromatic rings. The molecule has 1 saturated carbocycles. The summed E-state index contributed by atoms with van der Waals surface area (Å²) in [7, 11) is 0. The first-order valence-corrected chi connectivity index (χ1v) is 30.3. The summed E-state index contributed by atoms with van der Waals surface area (Å²) in [4.78, 5) is 49.3. The highest BCUT2D eigenvalue weighted by Gasteiger charge is 2.45. The number of phenols is 2. The predicted molar refractivity (Wildman–Crippen MR) is 313 cm³/mol. The summed E-state index contributed by atoms with van der Waals surface area (Å²) in [5, 5.41) is 48.3. The zero-order valence-corrected chi connectivity index (χ0v) is 48.0. The van der Waals surface area contributed by atoms with Crippen LogP contribution in [-0.4, -0.2) is 157 Å². The van der Waals surface area contributed by atoms with Gasteiger partial charge in [0.1, 0.15) is 29.6 Å². The van der Waals surface area contributed by atoms with Crippen molar-refractivity contribution in [2.45, 2.75) is 140 Å². The molecule has 6 aliphatic rings. The van der Waals surface area contributed by atoms with E-state index in [2.05, 4.69) is 62.4 Å². The largest absolute Gasteiger partial charge is 0.507 e. The maximum absolute atomic E-state index is 14.4. The van der Waals surface area contributed by atoms with Crippen LogP contribution in [0.4, 0.5) is 23.0 Å². The molecule has 82 heavy (non-hydrogen) atoms. The van der Waals surface area contributed by atoms with Crippen molar-refractivity contribution in [2.75, 3.05) is 72.8 Å². The summed E-state index contributed by atoms with van der Waals surface area (Å²) in [5.41, 5.74) is 13.6. The molecule has 2 bridgehead atoms. The topological polar surface area (TPSA) is 245 Å². The lowest BCUT2D eigenvalue weighted by atomic mass is 9.91. The Morgan fingerprint density at radius 3 is 2.30 bits per heavy atom. The van der Waals surface area contributed by atoms with E-state index in [0.717, 1.165) is 119 Å². The summed E-state index contributed by atoms with van der Waals surface area (Å²) < 4.78 is 19.0. The van der Waals surface area contributed by atoms with E-state index in [0.29, 0.717) is 63.7 Å². The van der Waals surface area contributed by atoms with Gasteiger partial charge in [-0.15, -0.1) is 21.5 Å². The number of thiazole rings is 1. The first-order valence-electron chi connectivity index (χ1n) is 29.4. The second-order valence-electron chi connectivity index (χ2n) is 23.9. The number of para-hydroxylation sites is 1. The van der Waals surface area contributed by atoms with Crippen molar-refractivity contribution >= 4 is 46.2 Å². The van der Waals surface area contributed by atoms with E-state index in [-0.39, 0.29) is 60.5 Å². The molecule has 0 spiro atoms. The molecule has 1 aliphatic carbocycles. The molecule has 20 nitrogen and oxygen atoms in total. The van der Waals surface area contributed by atoms with E-state index >= 15 is 0 Å². The number of nitrogens with one attached hydrogen (secondary N) is 1. The van der Waals surface area contributed by atoms with Crippen molar-refractivity contribution in [1.29, 1.82) is 0 Å². The fourth-order valence-corrected chi connectivity index (χ4v) is 14.3. The number of aryl methyl sites for hydroxylation is 1. The Kier molecular flexibility index (Phi) is 16.0. The van der Waals surface area contributed by atoms with E-state index in [1.165, 1.54) is 16.2 Å². The van der Waals surface area contributed by atoms with Crippen LogP contribution >= 0.6 is 11.3 Å². The molecule has 6 atom stereocenters. The molecule has 434 valence electrons. The number of anilines is 4. The number of rotatable bonds is 17. The smallest absolute Gasteiger partial charge is 0.243 e. The number of carbonyl (C=O) groups excluding carboxylic acids is 2. The number of nitrogens with two attached hydrogens (primary N) is 1. The van der Waals surface area contributed by atoms with Gasteiger partial charge in [-0.1, -0.05) is 37.2 Å². The van der Waals surface area contributed by atoms with E-state index in [1.807, 2.05) is 70.3 Å². The number of aliphatic hydroxyl groups is 1. The summed E-state index contributed by atoms with van der Waals surface area (Å²) in [5.74, 6) is 1.56. The molecule has 9 heterocycles. The fraction of sp³-hybridized carbons (Fsp3) is 0.525. The highest BCUT2D eigenvalue weighted by Crippen LogP contribution is 2.42. The van der Waals surface area contributed by atoms with Gasteiger partial charge in [0.05, 0.1) is 51.8 Å². The van der Waals surface area contributed by atoms with E-state index < -0.39 is 24.1 Å². The number of hydrogen-bond donors (Lipinski definition) is 5. The number of aromatic nitrogens is 5. The number of pyridine rings is 1. The fourth-order valence-electron chi connectivity index (χ4n) is 13.5. The van der Waals surface area contributed by atoms with Crippen LogP contribution in [0.3, 0.4) is 0 Å². The minimum atomic E-state index is -0.867. The lowest BCUT2D eigenvalue weighted by Crippen LogP contribution is -2.54. The Labute approximate surface area is 482 Å². The molecule has 5 aliphatic heterocycles. The minimum absolute atomic E-state index is 0.0436. The van der Waals surface area contributed by atoms with Crippen LogP contribution in [-0.2, 0) is 14.3 Å². The lowest BCUT2D eigenvalue weighted by molar-refractivity contribution is -0.141. The highest BCUT2D eigenvalue weighted by atomic mass is 32.1. The molecule has 2 aromatic carbocycles. The monoisotopic (exact) mass is 1140 g/mol. The number of amides is 2. The molecule has 0 radical (unpaired) electrons. The van der Waals surface area contributed by atoms with E-state index in [9.17, 15) is 24.9 Å². The van der Waals surface area contributed by atoms with Crippen LogP contribution in [0.1, 0.15) is 108 Å². The second kappa shape index (κ2) is 23.7. The Morgan fingerprint density at radius 1 is 0.817 bits per heavy atom. The van der Waals surface area contributed by atoms with E-state index in [1.54, 1.807) is 23.7 Å². The molecule has 21 heteroatoms. The number of β-amino-alcohol motifs (C(OH)–C–C–N with tert-alkyl or cyclic N) is 1. The van der Waals surface area contributed by atoms with Crippen LogP contribution in [0.2, 0.25) is 0 Å². The van der Waals surface area contributed by atoms with Crippen molar-refractivity contribution in [3.05, 3.63) is 95.5 Å². The number of fused-ring (bicyclic) bond motifs is 2. The molecule has 2 unspecified atom stereocenters. The normalized spacial score (nSPS) is 24.2. The second-order valence-corrected chi connectivity index (χ2v) is 24.8. The number of hydrogen-bond acceptors (Lipinski definition) is 19. The maximum atomic E-state index is 14.4. The van der Waals surface area contributed by atoms with Crippen molar-refractivity contribution < 1.29 is 38.9 Å². The van der Waals surface area contributed by atoms with Gasteiger partial charge >= 0.3 is 0 Å². The standard InChI is InChI=1S/C61H76N12O8S/c1-35(2)57(61(78)72-33-43(74)25-51(72)60(77)65-36(3)39-9-12-48(53(76)23-39)58-37(4)64-34-82-58)54-29-55(68-81-54)70-21-14-38(15-22-70)30-69-19-16-44(17-20-69)79-45-26-46(27-45)80-56-24-40(13-18-63-56)73-41-10-11-42(73)32-71(31-41)50-28-49(66-67-59(50)62)47-7-5-6-8-52(47)75/h5-9,12-13,18,23-24,28-29,34-36,38,41-46,51,57,74-76H,10-11,14-17,19-22,25-27,30-33H2,1-4H3,(H2,62,67)(H,65,77)/t36-,41?,42?,43+,45-,46-,51-,57-/m0/s1. The Hall–Kier alpha value is -7.07. The third kappa shape index (κ3) is 11.7. The molecule has 6 fully saturated rings. The van der Waals surface area contributed by atoms with Gasteiger partial charge in [0.25, 0.3) is 0 Å². The number of carbonyl (C=O) groups is 2. The van der Waals surface area contributed by atoms with Crippen LogP contribution in [0, 0.1) is 18.8 Å². The summed E-state index contributed by atoms with van der Waals surface area (Å²) >= 11 is 1.45. The third-order valence-corrected chi connectivity index (χ3v) is 19.0. The zero-order chi connectivity index (χ0) is 56.8. The van der Waals surface area contributed by atoms with Crippen LogP contribution in [0.5, 0.6) is 17.4 Å². The average molecular weight is 1140 g/mol. The number of nitrogens with zero attached hydrogens (tertiary/aromatic N) is 10. The van der Waals surface area contributed by atoms with Gasteiger partial charge in [0.15, 0.2) is 17.4 Å². The Balaban J connectivity index is 0.566. The molecule has 5 saturated heterocycles. The molecule has 4 aromatic heterocycles. The number of benzene rings is 2. The summed E-state index contributed by atoms with van der Waals surface area (Å²) in [6, 6.07) is 19.8. The van der Waals surface area contributed by atoms with Crippen molar-refractivity contribution in [3.8, 4) is 39.1 Å². The van der Waals surface area contributed by atoms with Crippen LogP contribution in [0.15, 0.2) is 83.0 Å².